The molecule has 0 fully saturated rings. The van der Waals surface area contributed by atoms with E-state index in [2.05, 4.69) is 31.6 Å². The molecule has 0 aromatic heterocycles. The van der Waals surface area contributed by atoms with Gasteiger partial charge in [-0.05, 0) is 29.2 Å². The van der Waals surface area contributed by atoms with Gasteiger partial charge in [-0.2, -0.15) is 0 Å². The number of benzene rings is 2. The van der Waals surface area contributed by atoms with Crippen LogP contribution >= 0.6 is 0 Å². The zero-order valence-electron chi connectivity index (χ0n) is 15.1. The second-order valence-corrected chi connectivity index (χ2v) is 6.82. The molecule has 5 nitrogen and oxygen atoms in total. The van der Waals surface area contributed by atoms with E-state index < -0.39 is 0 Å². The number of carbonyl (C=O) groups is 2. The molecule has 0 unspecified atom stereocenters. The molecule has 2 aromatic rings. The second kappa shape index (κ2) is 7.83. The van der Waals surface area contributed by atoms with Gasteiger partial charge in [-0.3, -0.25) is 20.4 Å². The third-order valence-electron chi connectivity index (χ3n) is 3.87. The quantitative estimate of drug-likeness (QED) is 0.841. The summed E-state index contributed by atoms with van der Waals surface area (Å²) >= 11 is 0. The molecule has 0 heterocycles. The molecule has 2 aromatic carbocycles. The van der Waals surface area contributed by atoms with Crippen molar-refractivity contribution in [3.63, 3.8) is 0 Å². The Labute approximate surface area is 148 Å². The third kappa shape index (κ3) is 5.08. The van der Waals surface area contributed by atoms with Crippen molar-refractivity contribution < 1.29 is 14.3 Å². The molecule has 25 heavy (non-hydrogen) atoms. The van der Waals surface area contributed by atoms with Gasteiger partial charge in [-0.25, -0.2) is 0 Å². The van der Waals surface area contributed by atoms with Crippen molar-refractivity contribution in [3.8, 4) is 5.75 Å². The fourth-order valence-corrected chi connectivity index (χ4v) is 2.39. The fourth-order valence-electron chi connectivity index (χ4n) is 2.39. The molecular formula is C20H24N2O3. The Morgan fingerprint density at radius 1 is 0.960 bits per heavy atom. The van der Waals surface area contributed by atoms with Gasteiger partial charge >= 0.3 is 0 Å². The summed E-state index contributed by atoms with van der Waals surface area (Å²) in [6.07, 6.45) is 0.118. The topological polar surface area (TPSA) is 67.4 Å². The number of carbonyl (C=O) groups excluding carboxylic acids is 2. The van der Waals surface area contributed by atoms with Crippen LogP contribution in [0.25, 0.3) is 0 Å². The maximum atomic E-state index is 12.1. The monoisotopic (exact) mass is 340 g/mol. The lowest BCUT2D eigenvalue weighted by molar-refractivity contribution is -0.121. The Hall–Kier alpha value is -2.82. The minimum atomic E-state index is -0.353. The van der Waals surface area contributed by atoms with Crippen molar-refractivity contribution in [2.24, 2.45) is 0 Å². The van der Waals surface area contributed by atoms with Gasteiger partial charge in [0.05, 0.1) is 13.5 Å². The van der Waals surface area contributed by atoms with Gasteiger partial charge in [0.1, 0.15) is 5.75 Å². The number of ether oxygens (including phenoxy) is 1. The number of rotatable bonds is 4. The molecule has 0 bridgehead atoms. The van der Waals surface area contributed by atoms with Crippen LogP contribution in [0.1, 0.15) is 42.3 Å². The highest BCUT2D eigenvalue weighted by atomic mass is 16.5. The molecule has 2 rings (SSSR count). The number of hydrogen-bond donors (Lipinski definition) is 2. The lowest BCUT2D eigenvalue weighted by atomic mass is 9.87. The van der Waals surface area contributed by atoms with Crippen molar-refractivity contribution in [1.82, 2.24) is 10.9 Å². The molecule has 2 amide bonds. The molecule has 0 aliphatic carbocycles. The molecule has 0 aliphatic heterocycles. The van der Waals surface area contributed by atoms with Gasteiger partial charge in [0, 0.05) is 11.1 Å². The van der Waals surface area contributed by atoms with E-state index in [1.165, 1.54) is 0 Å². The largest absolute Gasteiger partial charge is 0.496 e. The van der Waals surface area contributed by atoms with E-state index in [0.717, 1.165) is 11.1 Å². The Balaban J connectivity index is 1.92. The van der Waals surface area contributed by atoms with Gasteiger partial charge in [0.25, 0.3) is 5.91 Å². The van der Waals surface area contributed by atoms with Crippen LogP contribution in [-0.2, 0) is 16.6 Å². The highest BCUT2D eigenvalue weighted by molar-refractivity contribution is 5.95. The molecule has 0 spiro atoms. The van der Waals surface area contributed by atoms with Crippen LogP contribution in [0.3, 0.4) is 0 Å². The lowest BCUT2D eigenvalue weighted by Crippen LogP contribution is -2.42. The third-order valence-corrected chi connectivity index (χ3v) is 3.87. The average Bonchev–Trinajstić information content (AvgIpc) is 2.59. The average molecular weight is 340 g/mol. The van der Waals surface area contributed by atoms with Crippen molar-refractivity contribution in [2.45, 2.75) is 32.6 Å². The molecule has 0 saturated carbocycles. The van der Waals surface area contributed by atoms with Crippen molar-refractivity contribution in [2.75, 3.05) is 7.11 Å². The van der Waals surface area contributed by atoms with Crippen LogP contribution in [0.15, 0.2) is 48.5 Å². The highest BCUT2D eigenvalue weighted by Crippen LogP contribution is 2.22. The van der Waals surface area contributed by atoms with Crippen molar-refractivity contribution in [3.05, 3.63) is 65.2 Å². The van der Waals surface area contributed by atoms with Gasteiger partial charge in [0.2, 0.25) is 5.91 Å². The van der Waals surface area contributed by atoms with E-state index in [4.69, 9.17) is 4.74 Å². The number of nitrogens with one attached hydrogen (secondary N) is 2. The normalized spacial score (nSPS) is 10.9. The van der Waals surface area contributed by atoms with Crippen molar-refractivity contribution in [1.29, 1.82) is 0 Å². The Kier molecular flexibility index (Phi) is 5.80. The SMILES string of the molecule is COc1ccccc1CC(=O)NNC(=O)c1ccc(C(C)(C)C)cc1. The van der Waals surface area contributed by atoms with Crippen LogP contribution in [0.5, 0.6) is 5.75 Å². The Morgan fingerprint density at radius 2 is 1.60 bits per heavy atom. The van der Waals surface area contributed by atoms with Gasteiger partial charge in [-0.15, -0.1) is 0 Å². The van der Waals surface area contributed by atoms with Crippen LogP contribution in [0.4, 0.5) is 0 Å². The maximum absolute atomic E-state index is 12.1. The second-order valence-electron chi connectivity index (χ2n) is 6.82. The summed E-state index contributed by atoms with van der Waals surface area (Å²) in [4.78, 5) is 24.2. The standard InChI is InChI=1S/C20H24N2O3/c1-20(2,3)16-11-9-14(10-12-16)19(24)22-21-18(23)13-15-7-5-6-8-17(15)25-4/h5-12H,13H2,1-4H3,(H,21,23)(H,22,24). The van der Waals surface area contributed by atoms with Crippen LogP contribution < -0.4 is 15.6 Å². The molecular weight excluding hydrogens is 316 g/mol. The highest BCUT2D eigenvalue weighted by Gasteiger charge is 2.15. The molecule has 0 radical (unpaired) electrons. The molecule has 0 saturated heterocycles. The van der Waals surface area contributed by atoms with E-state index in [1.54, 1.807) is 25.3 Å². The lowest BCUT2D eigenvalue weighted by Gasteiger charge is -2.19. The number of hydrogen-bond acceptors (Lipinski definition) is 3. The summed E-state index contributed by atoms with van der Waals surface area (Å²) < 4.78 is 5.21. The van der Waals surface area contributed by atoms with Crippen LogP contribution in [0, 0.1) is 0 Å². The van der Waals surface area contributed by atoms with E-state index in [-0.39, 0.29) is 23.7 Å². The molecule has 132 valence electrons. The summed E-state index contributed by atoms with van der Waals surface area (Å²) in [6.45, 7) is 6.33. The fraction of sp³-hybridized carbons (Fsp3) is 0.300. The van der Waals surface area contributed by atoms with E-state index in [9.17, 15) is 9.59 Å². The summed E-state index contributed by atoms with van der Waals surface area (Å²) in [5, 5.41) is 0. The zero-order chi connectivity index (χ0) is 18.4. The first-order chi connectivity index (χ1) is 11.8. The number of hydrazine groups is 1. The Morgan fingerprint density at radius 3 is 2.20 bits per heavy atom. The number of para-hydroxylation sites is 1. The van der Waals surface area contributed by atoms with Crippen LogP contribution in [0.2, 0.25) is 0 Å². The summed E-state index contributed by atoms with van der Waals surface area (Å²) in [5.41, 5.74) is 7.28. The van der Waals surface area contributed by atoms with E-state index in [1.807, 2.05) is 30.3 Å². The summed E-state index contributed by atoms with van der Waals surface area (Å²) in [6, 6.07) is 14.6. The van der Waals surface area contributed by atoms with Gasteiger partial charge in [0.15, 0.2) is 0 Å². The summed E-state index contributed by atoms with van der Waals surface area (Å²) in [5.74, 6) is -0.0280. The van der Waals surface area contributed by atoms with Gasteiger partial charge in [-0.1, -0.05) is 51.1 Å². The predicted molar refractivity (Wildman–Crippen MR) is 97.4 cm³/mol. The van der Waals surface area contributed by atoms with E-state index >= 15 is 0 Å². The first kappa shape index (κ1) is 18.5. The minimum absolute atomic E-state index is 0.0258. The first-order valence-electron chi connectivity index (χ1n) is 8.13. The molecule has 5 heteroatoms. The first-order valence-corrected chi connectivity index (χ1v) is 8.13. The minimum Gasteiger partial charge on any atom is -0.496 e. The Bertz CT molecular complexity index is 746. The van der Waals surface area contributed by atoms with E-state index in [0.29, 0.717) is 11.3 Å². The smallest absolute Gasteiger partial charge is 0.269 e. The zero-order valence-corrected chi connectivity index (χ0v) is 15.1. The van der Waals surface area contributed by atoms with Crippen molar-refractivity contribution >= 4 is 11.8 Å². The predicted octanol–water partition coefficient (Wildman–Crippen LogP) is 3.00. The number of amides is 2. The van der Waals surface area contributed by atoms with Crippen LogP contribution in [-0.4, -0.2) is 18.9 Å². The van der Waals surface area contributed by atoms with Gasteiger partial charge < -0.3 is 4.74 Å². The molecule has 2 N–H and O–H groups in total. The number of methoxy groups -OCH3 is 1. The maximum Gasteiger partial charge on any atom is 0.269 e. The molecule has 0 atom stereocenters. The molecule has 0 aliphatic rings. The summed E-state index contributed by atoms with van der Waals surface area (Å²) in [7, 11) is 1.56.